The zero-order valence-corrected chi connectivity index (χ0v) is 15.9. The SMILES string of the molecule is N[C@@H](Cc1ccc(N(CCCl)CCCl)cc1)C(=O)O.O=C(O)/C=C\C(=O)O. The Bertz CT molecular complexity index is 615. The molecule has 0 aliphatic carbocycles. The van der Waals surface area contributed by atoms with Crippen molar-refractivity contribution >= 4 is 46.8 Å². The minimum Gasteiger partial charge on any atom is -0.480 e. The Morgan fingerprint density at radius 2 is 1.41 bits per heavy atom. The van der Waals surface area contributed by atoms with Gasteiger partial charge in [0.2, 0.25) is 0 Å². The predicted octanol–water partition coefficient (Wildman–Crippen LogP) is 1.64. The summed E-state index contributed by atoms with van der Waals surface area (Å²) in [5, 5.41) is 24.4. The first-order chi connectivity index (χ1) is 12.7. The first-order valence-electron chi connectivity index (χ1n) is 7.79. The van der Waals surface area contributed by atoms with Crippen LogP contribution in [0.25, 0.3) is 0 Å². The number of alkyl halides is 2. The fourth-order valence-electron chi connectivity index (χ4n) is 1.90. The second-order valence-corrected chi connectivity index (χ2v) is 5.95. The number of halogens is 2. The highest BCUT2D eigenvalue weighted by atomic mass is 35.5. The highest BCUT2D eigenvalue weighted by Gasteiger charge is 2.12. The normalized spacial score (nSPS) is 11.4. The van der Waals surface area contributed by atoms with Crippen LogP contribution < -0.4 is 10.6 Å². The Morgan fingerprint density at radius 1 is 0.963 bits per heavy atom. The van der Waals surface area contributed by atoms with E-state index in [1.165, 1.54) is 0 Å². The largest absolute Gasteiger partial charge is 0.480 e. The van der Waals surface area contributed by atoms with E-state index in [0.717, 1.165) is 24.3 Å². The van der Waals surface area contributed by atoms with Gasteiger partial charge in [0.1, 0.15) is 6.04 Å². The van der Waals surface area contributed by atoms with Crippen molar-refractivity contribution in [1.82, 2.24) is 0 Å². The van der Waals surface area contributed by atoms with Crippen molar-refractivity contribution in [3.8, 4) is 0 Å². The van der Waals surface area contributed by atoms with Crippen molar-refractivity contribution in [3.05, 3.63) is 42.0 Å². The van der Waals surface area contributed by atoms with E-state index in [1.807, 2.05) is 24.3 Å². The van der Waals surface area contributed by atoms with E-state index < -0.39 is 23.9 Å². The molecule has 0 radical (unpaired) electrons. The maximum Gasteiger partial charge on any atom is 0.328 e. The van der Waals surface area contributed by atoms with Crippen molar-refractivity contribution in [2.24, 2.45) is 5.73 Å². The summed E-state index contributed by atoms with van der Waals surface area (Å²) in [4.78, 5) is 31.9. The molecule has 0 aliphatic heterocycles. The van der Waals surface area contributed by atoms with Crippen molar-refractivity contribution in [2.75, 3.05) is 29.7 Å². The van der Waals surface area contributed by atoms with E-state index in [9.17, 15) is 14.4 Å². The first kappa shape index (κ1) is 24.7. The second-order valence-electron chi connectivity index (χ2n) is 5.19. The molecular formula is C17H22Cl2N2O6. The predicted molar refractivity (Wildman–Crippen MR) is 104 cm³/mol. The van der Waals surface area contributed by atoms with E-state index >= 15 is 0 Å². The monoisotopic (exact) mass is 420 g/mol. The maximum absolute atomic E-state index is 10.7. The van der Waals surface area contributed by atoms with Gasteiger partial charge < -0.3 is 26.0 Å². The number of hydrogen-bond donors (Lipinski definition) is 4. The van der Waals surface area contributed by atoms with Gasteiger partial charge >= 0.3 is 17.9 Å². The Labute approximate surface area is 166 Å². The lowest BCUT2D eigenvalue weighted by molar-refractivity contribution is -0.138. The van der Waals surface area contributed by atoms with E-state index in [-0.39, 0.29) is 0 Å². The van der Waals surface area contributed by atoms with Crippen LogP contribution in [0.1, 0.15) is 5.56 Å². The molecule has 0 heterocycles. The maximum atomic E-state index is 10.7. The first-order valence-corrected chi connectivity index (χ1v) is 8.86. The molecule has 1 aromatic rings. The van der Waals surface area contributed by atoms with Crippen LogP contribution in [-0.4, -0.2) is 64.1 Å². The van der Waals surface area contributed by atoms with Gasteiger partial charge in [-0.2, -0.15) is 0 Å². The molecule has 1 rings (SSSR count). The van der Waals surface area contributed by atoms with Crippen LogP contribution in [0.4, 0.5) is 5.69 Å². The number of rotatable bonds is 10. The minimum absolute atomic E-state index is 0.320. The molecule has 10 heteroatoms. The summed E-state index contributed by atoms with van der Waals surface area (Å²) in [6, 6.07) is 6.76. The fraction of sp³-hybridized carbons (Fsp3) is 0.353. The quantitative estimate of drug-likeness (QED) is 0.330. The molecule has 0 bridgehead atoms. The number of carboxylic acid groups (broad SMARTS) is 3. The molecule has 0 aromatic heterocycles. The van der Waals surface area contributed by atoms with Crippen LogP contribution >= 0.6 is 23.2 Å². The lowest BCUT2D eigenvalue weighted by atomic mass is 10.1. The third-order valence-corrected chi connectivity index (χ3v) is 3.49. The van der Waals surface area contributed by atoms with Crippen molar-refractivity contribution in [2.45, 2.75) is 12.5 Å². The third-order valence-electron chi connectivity index (χ3n) is 3.15. The van der Waals surface area contributed by atoms with Gasteiger partial charge in [0.05, 0.1) is 0 Å². The molecule has 5 N–H and O–H groups in total. The molecule has 8 nitrogen and oxygen atoms in total. The molecule has 0 spiro atoms. The number of benzene rings is 1. The van der Waals surface area contributed by atoms with Crippen LogP contribution in [0.3, 0.4) is 0 Å². The van der Waals surface area contributed by atoms with E-state index in [1.54, 1.807) is 0 Å². The molecule has 0 saturated carbocycles. The molecule has 0 amide bonds. The average Bonchev–Trinajstić information content (AvgIpc) is 2.61. The Morgan fingerprint density at radius 3 is 1.74 bits per heavy atom. The van der Waals surface area contributed by atoms with Crippen LogP contribution in [0.5, 0.6) is 0 Å². The molecule has 0 saturated heterocycles. The van der Waals surface area contributed by atoms with Gasteiger partial charge in [-0.15, -0.1) is 23.2 Å². The second kappa shape index (κ2) is 13.9. The standard InChI is InChI=1S/C13H18Cl2N2O2.C4H4O4/c14-5-7-17(8-6-15)11-3-1-10(2-4-11)9-12(16)13(18)19;5-3(6)1-2-4(7)8/h1-4,12H,5-9,16H2,(H,18,19);1-2H,(H,5,6)(H,7,8)/b;2-1-/t12-;/m0./s1. The van der Waals surface area contributed by atoms with Gasteiger partial charge in [0.15, 0.2) is 0 Å². The summed E-state index contributed by atoms with van der Waals surface area (Å²) < 4.78 is 0. The Kier molecular flexibility index (Phi) is 12.7. The van der Waals surface area contributed by atoms with Crippen LogP contribution in [-0.2, 0) is 20.8 Å². The number of carboxylic acids is 3. The molecule has 0 fully saturated rings. The van der Waals surface area contributed by atoms with Gasteiger partial charge in [0.25, 0.3) is 0 Å². The molecule has 27 heavy (non-hydrogen) atoms. The highest BCUT2D eigenvalue weighted by molar-refractivity contribution is 6.18. The lowest BCUT2D eigenvalue weighted by Gasteiger charge is -2.23. The number of hydrogen-bond acceptors (Lipinski definition) is 5. The molecule has 150 valence electrons. The molecule has 0 unspecified atom stereocenters. The Balaban J connectivity index is 0.000000713. The highest BCUT2D eigenvalue weighted by Crippen LogP contribution is 2.16. The van der Waals surface area contributed by atoms with E-state index in [4.69, 9.17) is 44.3 Å². The number of aliphatic carboxylic acids is 3. The van der Waals surface area contributed by atoms with E-state index in [0.29, 0.717) is 30.3 Å². The topological polar surface area (TPSA) is 141 Å². The number of nitrogens with two attached hydrogens (primary N) is 1. The van der Waals surface area contributed by atoms with Crippen molar-refractivity contribution in [1.29, 1.82) is 0 Å². The molecule has 1 atom stereocenters. The van der Waals surface area contributed by atoms with Gasteiger partial charge in [0, 0.05) is 42.7 Å². The zero-order valence-electron chi connectivity index (χ0n) is 14.4. The van der Waals surface area contributed by atoms with Crippen LogP contribution in [0.15, 0.2) is 36.4 Å². The summed E-state index contributed by atoms with van der Waals surface area (Å²) in [5.74, 6) is -2.44. The zero-order chi connectivity index (χ0) is 20.8. The lowest BCUT2D eigenvalue weighted by Crippen LogP contribution is -2.32. The summed E-state index contributed by atoms with van der Waals surface area (Å²) in [6.07, 6.45) is 1.44. The van der Waals surface area contributed by atoms with Crippen molar-refractivity contribution < 1.29 is 29.7 Å². The van der Waals surface area contributed by atoms with Gasteiger partial charge in [-0.05, 0) is 24.1 Å². The van der Waals surface area contributed by atoms with E-state index in [2.05, 4.69) is 4.90 Å². The smallest absolute Gasteiger partial charge is 0.328 e. The van der Waals surface area contributed by atoms with Gasteiger partial charge in [-0.25, -0.2) is 9.59 Å². The van der Waals surface area contributed by atoms with Crippen LogP contribution in [0.2, 0.25) is 0 Å². The third kappa shape index (κ3) is 11.8. The van der Waals surface area contributed by atoms with Gasteiger partial charge in [-0.1, -0.05) is 12.1 Å². The number of anilines is 1. The Hall–Kier alpha value is -2.29. The summed E-state index contributed by atoms with van der Waals surface area (Å²) >= 11 is 11.5. The molecule has 0 aliphatic rings. The van der Waals surface area contributed by atoms with Crippen molar-refractivity contribution in [3.63, 3.8) is 0 Å². The number of carbonyl (C=O) groups is 3. The summed E-state index contributed by atoms with van der Waals surface area (Å²) in [6.45, 7) is 1.45. The minimum atomic E-state index is -1.26. The molecular weight excluding hydrogens is 399 g/mol. The summed E-state index contributed by atoms with van der Waals surface area (Å²) in [5.41, 5.74) is 7.42. The molecule has 1 aromatic carbocycles. The summed E-state index contributed by atoms with van der Waals surface area (Å²) in [7, 11) is 0. The van der Waals surface area contributed by atoms with Crippen LogP contribution in [0, 0.1) is 0 Å². The average molecular weight is 421 g/mol. The number of nitrogens with zero attached hydrogens (tertiary/aromatic N) is 1. The van der Waals surface area contributed by atoms with Gasteiger partial charge in [-0.3, -0.25) is 4.79 Å². The fourth-order valence-corrected chi connectivity index (χ4v) is 2.31.